The lowest BCUT2D eigenvalue weighted by Crippen LogP contribution is -2.20. The maximum absolute atomic E-state index is 13.5. The van der Waals surface area contributed by atoms with E-state index in [0.29, 0.717) is 33.4 Å². The van der Waals surface area contributed by atoms with E-state index >= 15 is 0 Å². The Labute approximate surface area is 217 Å². The highest BCUT2D eigenvalue weighted by molar-refractivity contribution is 6.33. The molecule has 1 N–H and O–H groups in total. The van der Waals surface area contributed by atoms with Crippen LogP contribution >= 0.6 is 11.6 Å². The van der Waals surface area contributed by atoms with Crippen molar-refractivity contribution in [3.63, 3.8) is 0 Å². The minimum atomic E-state index is -0.753. The standard InChI is InChI=1S/C28H22ClFN2O5/c1-17-26(28(35)36-2)27(34)24(32(17)20-11-9-19(30)10-12-20)15-18-7-13-21(14-8-18)37-16-25(33)31-23-6-4-3-5-22(23)29/h3-15H,16H2,1-2H3,(H,31,33)/b24-15-. The number of hydrogen-bond acceptors (Lipinski definition) is 6. The Morgan fingerprint density at radius 2 is 1.70 bits per heavy atom. The maximum atomic E-state index is 13.5. The summed E-state index contributed by atoms with van der Waals surface area (Å²) in [5.41, 5.74) is 2.13. The summed E-state index contributed by atoms with van der Waals surface area (Å²) in [7, 11) is 1.20. The number of nitrogens with one attached hydrogen (secondary N) is 1. The zero-order chi connectivity index (χ0) is 26.5. The van der Waals surface area contributed by atoms with E-state index in [9.17, 15) is 18.8 Å². The first kappa shape index (κ1) is 25.7. The van der Waals surface area contributed by atoms with E-state index in [2.05, 4.69) is 5.32 Å². The largest absolute Gasteiger partial charge is 0.484 e. The highest BCUT2D eigenvalue weighted by Crippen LogP contribution is 2.35. The van der Waals surface area contributed by atoms with Gasteiger partial charge < -0.3 is 19.7 Å². The molecule has 0 saturated heterocycles. The Morgan fingerprint density at radius 3 is 2.35 bits per heavy atom. The Kier molecular flexibility index (Phi) is 7.69. The van der Waals surface area contributed by atoms with Gasteiger partial charge in [-0.1, -0.05) is 35.9 Å². The fraction of sp³-hybridized carbons (Fsp3) is 0.107. The van der Waals surface area contributed by atoms with E-state index in [1.54, 1.807) is 66.4 Å². The van der Waals surface area contributed by atoms with Gasteiger partial charge in [0, 0.05) is 11.4 Å². The molecule has 0 unspecified atom stereocenters. The van der Waals surface area contributed by atoms with Crippen LogP contribution in [0.15, 0.2) is 89.8 Å². The number of esters is 1. The first-order valence-electron chi connectivity index (χ1n) is 11.2. The topological polar surface area (TPSA) is 84.9 Å². The summed E-state index contributed by atoms with van der Waals surface area (Å²) in [5.74, 6) is -1.62. The fourth-order valence-corrected chi connectivity index (χ4v) is 3.98. The van der Waals surface area contributed by atoms with E-state index in [0.717, 1.165) is 0 Å². The number of Topliss-reactive ketones (excluding diaryl/α,β-unsaturated/α-hetero) is 1. The Morgan fingerprint density at radius 1 is 1.03 bits per heavy atom. The number of ketones is 1. The predicted octanol–water partition coefficient (Wildman–Crippen LogP) is 5.37. The lowest BCUT2D eigenvalue weighted by molar-refractivity contribution is -0.137. The molecule has 0 radical (unpaired) electrons. The van der Waals surface area contributed by atoms with Crippen LogP contribution < -0.4 is 15.0 Å². The normalized spacial score (nSPS) is 14.2. The van der Waals surface area contributed by atoms with E-state index in [1.165, 1.54) is 31.4 Å². The molecule has 188 valence electrons. The molecule has 9 heteroatoms. The van der Waals surface area contributed by atoms with Crippen molar-refractivity contribution in [1.29, 1.82) is 0 Å². The van der Waals surface area contributed by atoms with Crippen LogP contribution in [0.3, 0.4) is 0 Å². The van der Waals surface area contributed by atoms with Gasteiger partial charge in [-0.05, 0) is 67.1 Å². The van der Waals surface area contributed by atoms with Crippen molar-refractivity contribution in [2.45, 2.75) is 6.92 Å². The maximum Gasteiger partial charge on any atom is 0.343 e. The van der Waals surface area contributed by atoms with Gasteiger partial charge in [0.25, 0.3) is 5.91 Å². The van der Waals surface area contributed by atoms with Gasteiger partial charge in [0.1, 0.15) is 17.1 Å². The van der Waals surface area contributed by atoms with Gasteiger partial charge in [-0.3, -0.25) is 9.59 Å². The molecule has 4 rings (SSSR count). The first-order valence-corrected chi connectivity index (χ1v) is 11.5. The number of benzene rings is 3. The van der Waals surface area contributed by atoms with Gasteiger partial charge >= 0.3 is 5.97 Å². The average molecular weight is 521 g/mol. The highest BCUT2D eigenvalue weighted by Gasteiger charge is 2.38. The molecule has 1 heterocycles. The van der Waals surface area contributed by atoms with Gasteiger partial charge in [-0.15, -0.1) is 0 Å². The first-order chi connectivity index (χ1) is 17.8. The second-order valence-electron chi connectivity index (χ2n) is 8.01. The van der Waals surface area contributed by atoms with Gasteiger partial charge in [0.05, 0.1) is 23.5 Å². The third-order valence-corrected chi connectivity index (χ3v) is 5.90. The van der Waals surface area contributed by atoms with E-state index < -0.39 is 17.6 Å². The molecule has 7 nitrogen and oxygen atoms in total. The summed E-state index contributed by atoms with van der Waals surface area (Å²) in [6.07, 6.45) is 1.61. The van der Waals surface area contributed by atoms with Crippen molar-refractivity contribution >= 4 is 46.7 Å². The molecule has 3 aromatic carbocycles. The van der Waals surface area contributed by atoms with Crippen LogP contribution in [0, 0.1) is 5.82 Å². The molecule has 1 aliphatic rings. The van der Waals surface area contributed by atoms with Crippen molar-refractivity contribution in [1.82, 2.24) is 0 Å². The highest BCUT2D eigenvalue weighted by atomic mass is 35.5. The van der Waals surface area contributed by atoms with Crippen molar-refractivity contribution in [3.05, 3.63) is 106 Å². The number of amides is 1. The van der Waals surface area contributed by atoms with Crippen LogP contribution in [0.5, 0.6) is 5.75 Å². The van der Waals surface area contributed by atoms with Crippen molar-refractivity contribution < 1.29 is 28.2 Å². The molecule has 0 bridgehead atoms. The number of carbonyl (C=O) groups excluding carboxylic acids is 3. The number of para-hydroxylation sites is 1. The predicted molar refractivity (Wildman–Crippen MR) is 139 cm³/mol. The zero-order valence-corrected chi connectivity index (χ0v) is 20.7. The Bertz CT molecular complexity index is 1420. The lowest BCUT2D eigenvalue weighted by Gasteiger charge is -2.21. The Hall–Kier alpha value is -4.43. The summed E-state index contributed by atoms with van der Waals surface area (Å²) in [6, 6.07) is 19.2. The minimum Gasteiger partial charge on any atom is -0.484 e. The van der Waals surface area contributed by atoms with Crippen LogP contribution in [0.1, 0.15) is 12.5 Å². The zero-order valence-electron chi connectivity index (χ0n) is 20.0. The molecule has 0 saturated carbocycles. The van der Waals surface area contributed by atoms with Crippen LogP contribution in [-0.2, 0) is 19.1 Å². The summed E-state index contributed by atoms with van der Waals surface area (Å²) in [5, 5.41) is 3.10. The monoisotopic (exact) mass is 520 g/mol. The number of rotatable bonds is 7. The van der Waals surface area contributed by atoms with Crippen LogP contribution in [0.2, 0.25) is 5.02 Å². The molecule has 3 aromatic rings. The van der Waals surface area contributed by atoms with Crippen LogP contribution in [-0.4, -0.2) is 31.4 Å². The van der Waals surface area contributed by atoms with E-state index in [4.69, 9.17) is 21.1 Å². The summed E-state index contributed by atoms with van der Waals surface area (Å²) < 4.78 is 23.8. The summed E-state index contributed by atoms with van der Waals surface area (Å²) in [4.78, 5) is 39.2. The van der Waals surface area contributed by atoms with E-state index in [-0.39, 0.29) is 23.8 Å². The molecule has 0 aliphatic carbocycles. The molecule has 1 aliphatic heterocycles. The lowest BCUT2D eigenvalue weighted by atomic mass is 10.1. The molecular weight excluding hydrogens is 499 g/mol. The summed E-state index contributed by atoms with van der Waals surface area (Å²) >= 11 is 6.05. The van der Waals surface area contributed by atoms with Gasteiger partial charge in [0.15, 0.2) is 6.61 Å². The van der Waals surface area contributed by atoms with Crippen LogP contribution in [0.25, 0.3) is 6.08 Å². The minimum absolute atomic E-state index is 0.0949. The van der Waals surface area contributed by atoms with Crippen molar-refractivity contribution in [2.24, 2.45) is 0 Å². The fourth-order valence-electron chi connectivity index (χ4n) is 3.80. The second-order valence-corrected chi connectivity index (χ2v) is 8.42. The van der Waals surface area contributed by atoms with Crippen molar-refractivity contribution in [3.8, 4) is 5.75 Å². The number of halogens is 2. The average Bonchev–Trinajstić information content (AvgIpc) is 3.14. The SMILES string of the molecule is COC(=O)C1=C(C)N(c2ccc(F)cc2)/C(=C\c2ccc(OCC(=O)Nc3ccccc3Cl)cc2)C1=O. The summed E-state index contributed by atoms with van der Waals surface area (Å²) in [6.45, 7) is 1.40. The van der Waals surface area contributed by atoms with Gasteiger partial charge in [-0.2, -0.15) is 0 Å². The number of methoxy groups -OCH3 is 1. The number of anilines is 2. The molecular formula is C28H22ClFN2O5. The van der Waals surface area contributed by atoms with Gasteiger partial charge in [0.2, 0.25) is 5.78 Å². The molecule has 0 fully saturated rings. The van der Waals surface area contributed by atoms with Gasteiger partial charge in [-0.25, -0.2) is 9.18 Å². The molecule has 1 amide bonds. The number of carbonyl (C=O) groups is 3. The molecule has 37 heavy (non-hydrogen) atoms. The quantitative estimate of drug-likeness (QED) is 0.256. The third kappa shape index (κ3) is 5.70. The molecule has 0 aromatic heterocycles. The molecule has 0 atom stereocenters. The molecule has 0 spiro atoms. The number of nitrogens with zero attached hydrogens (tertiary/aromatic N) is 1. The Balaban J connectivity index is 1.52. The number of allylic oxidation sites excluding steroid dienone is 2. The second kappa shape index (κ2) is 11.1. The third-order valence-electron chi connectivity index (χ3n) is 5.57. The van der Waals surface area contributed by atoms with E-state index in [1.807, 2.05) is 0 Å². The van der Waals surface area contributed by atoms with Crippen molar-refractivity contribution in [2.75, 3.05) is 23.9 Å². The smallest absolute Gasteiger partial charge is 0.343 e. The number of hydrogen-bond donors (Lipinski definition) is 1. The van der Waals surface area contributed by atoms with Crippen LogP contribution in [0.4, 0.5) is 15.8 Å². The number of ether oxygens (including phenoxy) is 2.